The van der Waals surface area contributed by atoms with Crippen molar-refractivity contribution in [1.82, 2.24) is 4.57 Å². The smallest absolute Gasteiger partial charge is 0.325 e. The lowest BCUT2D eigenvalue weighted by molar-refractivity contribution is 0.0971. The highest BCUT2D eigenvalue weighted by atomic mass is 31.2. The van der Waals surface area contributed by atoms with Crippen LogP contribution >= 0.6 is 7.60 Å². The molecular formula is C22H33N2O4P. The highest BCUT2D eigenvalue weighted by Gasteiger charge is 2.24. The predicted molar refractivity (Wildman–Crippen MR) is 116 cm³/mol. The van der Waals surface area contributed by atoms with Gasteiger partial charge in [-0.2, -0.15) is 0 Å². The Balaban J connectivity index is 1.93. The fraction of sp³-hybridized carbons (Fsp3) is 0.500. The van der Waals surface area contributed by atoms with Crippen LogP contribution in [0, 0.1) is 0 Å². The van der Waals surface area contributed by atoms with Gasteiger partial charge in [-0.25, -0.2) is 0 Å². The Hall–Kier alpha value is -1.72. The van der Waals surface area contributed by atoms with E-state index in [0.717, 1.165) is 24.2 Å². The van der Waals surface area contributed by atoms with Crippen LogP contribution in [0.25, 0.3) is 0 Å². The van der Waals surface area contributed by atoms with Crippen LogP contribution in [0.1, 0.15) is 61.3 Å². The lowest BCUT2D eigenvalue weighted by Crippen LogP contribution is -2.37. The molecule has 1 atom stereocenters. The standard InChI is InChI=1S/C22H33N2O4P/c1-3-24-19(14-15-22(2,23)16-17-29(26,27)28)12-13-20(24)21(25)11-7-10-18-8-5-4-6-9-18/h4-6,8-9,12-13H,3,7,10-11,14-17,23H2,1-2H3,(H2,26,27,28). The van der Waals surface area contributed by atoms with Gasteiger partial charge in [-0.05, 0) is 63.6 Å². The van der Waals surface area contributed by atoms with E-state index in [1.807, 2.05) is 48.7 Å². The molecule has 160 valence electrons. The summed E-state index contributed by atoms with van der Waals surface area (Å²) in [5.74, 6) is 0.144. The van der Waals surface area contributed by atoms with Crippen LogP contribution in [0.5, 0.6) is 0 Å². The lowest BCUT2D eigenvalue weighted by Gasteiger charge is -2.25. The van der Waals surface area contributed by atoms with Gasteiger partial charge >= 0.3 is 7.60 Å². The SMILES string of the molecule is CCn1c(CCC(C)(N)CCP(=O)(O)O)ccc1C(=O)CCCc1ccccc1. The van der Waals surface area contributed by atoms with Crippen LogP contribution in [0.2, 0.25) is 0 Å². The normalized spacial score (nSPS) is 14.0. The Morgan fingerprint density at radius 3 is 2.41 bits per heavy atom. The maximum Gasteiger partial charge on any atom is 0.325 e. The number of nitrogens with zero attached hydrogens (tertiary/aromatic N) is 1. The van der Waals surface area contributed by atoms with Gasteiger partial charge in [-0.3, -0.25) is 9.36 Å². The van der Waals surface area contributed by atoms with Crippen LogP contribution in [-0.4, -0.2) is 31.8 Å². The molecule has 0 aliphatic heterocycles. The van der Waals surface area contributed by atoms with E-state index in [9.17, 15) is 9.36 Å². The zero-order chi connectivity index (χ0) is 21.5. The maximum absolute atomic E-state index is 12.7. The van der Waals surface area contributed by atoms with Gasteiger partial charge in [0.05, 0.1) is 11.9 Å². The summed E-state index contributed by atoms with van der Waals surface area (Å²) in [6.07, 6.45) is 3.52. The molecule has 1 aromatic heterocycles. The molecule has 7 heteroatoms. The summed E-state index contributed by atoms with van der Waals surface area (Å²) in [5, 5.41) is 0. The molecule has 6 nitrogen and oxygen atoms in total. The van der Waals surface area contributed by atoms with E-state index in [1.54, 1.807) is 0 Å². The zero-order valence-electron chi connectivity index (χ0n) is 17.4. The molecular weight excluding hydrogens is 387 g/mol. The third-order valence-corrected chi connectivity index (χ3v) is 6.12. The van der Waals surface area contributed by atoms with Crippen LogP contribution in [-0.2, 0) is 24.0 Å². The summed E-state index contributed by atoms with van der Waals surface area (Å²) in [4.78, 5) is 30.9. The molecule has 0 fully saturated rings. The van der Waals surface area contributed by atoms with Gasteiger partial charge in [0, 0.05) is 24.2 Å². The molecule has 2 aromatic rings. The number of nitrogens with two attached hydrogens (primary N) is 1. The van der Waals surface area contributed by atoms with Gasteiger partial charge in [-0.15, -0.1) is 0 Å². The van der Waals surface area contributed by atoms with E-state index in [0.29, 0.717) is 25.8 Å². The first-order chi connectivity index (χ1) is 13.6. The molecule has 0 aliphatic carbocycles. The maximum atomic E-state index is 12.7. The van der Waals surface area contributed by atoms with Gasteiger partial charge in [0.2, 0.25) is 0 Å². The summed E-state index contributed by atoms with van der Waals surface area (Å²) < 4.78 is 13.1. The minimum absolute atomic E-state index is 0.144. The number of rotatable bonds is 12. The van der Waals surface area contributed by atoms with E-state index < -0.39 is 13.1 Å². The Morgan fingerprint density at radius 1 is 1.10 bits per heavy atom. The van der Waals surface area contributed by atoms with Crippen LogP contribution in [0.15, 0.2) is 42.5 Å². The number of Topliss-reactive ketones (excluding diaryl/α,β-unsaturated/α-hetero) is 1. The topological polar surface area (TPSA) is 106 Å². The summed E-state index contributed by atoms with van der Waals surface area (Å²) in [7, 11) is -4.05. The monoisotopic (exact) mass is 420 g/mol. The molecule has 2 rings (SSSR count). The number of benzene rings is 1. The first-order valence-electron chi connectivity index (χ1n) is 10.2. The van der Waals surface area contributed by atoms with Gasteiger partial charge < -0.3 is 20.1 Å². The van der Waals surface area contributed by atoms with Crippen molar-refractivity contribution < 1.29 is 19.1 Å². The number of carbonyl (C=O) groups excluding carboxylic acids is 1. The van der Waals surface area contributed by atoms with Crippen molar-refractivity contribution in [2.75, 3.05) is 6.16 Å². The van der Waals surface area contributed by atoms with Crippen molar-refractivity contribution in [3.05, 3.63) is 59.4 Å². The van der Waals surface area contributed by atoms with Gasteiger partial charge in [0.1, 0.15) is 0 Å². The van der Waals surface area contributed by atoms with E-state index in [1.165, 1.54) is 5.56 Å². The van der Waals surface area contributed by atoms with Crippen molar-refractivity contribution in [2.45, 2.75) is 64.5 Å². The minimum atomic E-state index is -4.05. The second-order valence-electron chi connectivity index (χ2n) is 8.01. The lowest BCUT2D eigenvalue weighted by atomic mass is 9.93. The number of hydrogen-bond acceptors (Lipinski definition) is 3. The molecule has 0 amide bonds. The number of carbonyl (C=O) groups is 1. The highest BCUT2D eigenvalue weighted by Crippen LogP contribution is 2.37. The molecule has 0 spiro atoms. The largest absolute Gasteiger partial charge is 0.343 e. The molecule has 0 saturated carbocycles. The second-order valence-corrected chi connectivity index (χ2v) is 9.79. The average Bonchev–Trinajstić information content (AvgIpc) is 3.08. The van der Waals surface area contributed by atoms with Crippen molar-refractivity contribution in [3.63, 3.8) is 0 Å². The molecule has 0 saturated heterocycles. The summed E-state index contributed by atoms with van der Waals surface area (Å²) in [5.41, 5.74) is 8.57. The Labute approximate surface area is 173 Å². The zero-order valence-corrected chi connectivity index (χ0v) is 18.3. The highest BCUT2D eigenvalue weighted by molar-refractivity contribution is 7.51. The molecule has 1 unspecified atom stereocenters. The fourth-order valence-electron chi connectivity index (χ4n) is 3.51. The summed E-state index contributed by atoms with van der Waals surface area (Å²) in [6, 6.07) is 14.0. The number of aryl methyl sites for hydroxylation is 2. The van der Waals surface area contributed by atoms with Crippen LogP contribution in [0.3, 0.4) is 0 Å². The average molecular weight is 420 g/mol. The minimum Gasteiger partial charge on any atom is -0.343 e. The van der Waals surface area contributed by atoms with E-state index in [4.69, 9.17) is 15.5 Å². The molecule has 1 heterocycles. The Bertz CT molecular complexity index is 840. The molecule has 0 bridgehead atoms. The number of aromatic nitrogens is 1. The van der Waals surface area contributed by atoms with Crippen molar-refractivity contribution in [2.24, 2.45) is 5.73 Å². The molecule has 29 heavy (non-hydrogen) atoms. The quantitative estimate of drug-likeness (QED) is 0.356. The summed E-state index contributed by atoms with van der Waals surface area (Å²) in [6.45, 7) is 4.53. The van der Waals surface area contributed by atoms with Crippen LogP contribution < -0.4 is 5.73 Å². The van der Waals surface area contributed by atoms with E-state index >= 15 is 0 Å². The van der Waals surface area contributed by atoms with E-state index in [2.05, 4.69) is 12.1 Å². The predicted octanol–water partition coefficient (Wildman–Crippen LogP) is 3.93. The Morgan fingerprint density at radius 2 is 1.79 bits per heavy atom. The van der Waals surface area contributed by atoms with Gasteiger partial charge in [0.25, 0.3) is 0 Å². The van der Waals surface area contributed by atoms with Gasteiger partial charge in [0.15, 0.2) is 5.78 Å². The molecule has 0 radical (unpaired) electrons. The fourth-order valence-corrected chi connectivity index (χ4v) is 4.31. The number of hydrogen-bond donors (Lipinski definition) is 3. The van der Waals surface area contributed by atoms with Crippen molar-refractivity contribution in [3.8, 4) is 0 Å². The van der Waals surface area contributed by atoms with Gasteiger partial charge in [-0.1, -0.05) is 30.3 Å². The van der Waals surface area contributed by atoms with E-state index in [-0.39, 0.29) is 18.4 Å². The van der Waals surface area contributed by atoms with Crippen molar-refractivity contribution >= 4 is 13.4 Å². The first kappa shape index (κ1) is 23.6. The number of ketones is 1. The van der Waals surface area contributed by atoms with Crippen LogP contribution in [0.4, 0.5) is 0 Å². The molecule has 0 aliphatic rings. The molecule has 4 N–H and O–H groups in total. The third-order valence-electron chi connectivity index (χ3n) is 5.31. The summed E-state index contributed by atoms with van der Waals surface area (Å²) >= 11 is 0. The Kier molecular flexibility index (Phi) is 8.41. The first-order valence-corrected chi connectivity index (χ1v) is 12.0. The molecule has 1 aromatic carbocycles. The van der Waals surface area contributed by atoms with Crippen molar-refractivity contribution in [1.29, 1.82) is 0 Å². The third kappa shape index (κ3) is 7.90. The second kappa shape index (κ2) is 10.4.